The van der Waals surface area contributed by atoms with Crippen molar-refractivity contribution < 1.29 is 0 Å². The summed E-state index contributed by atoms with van der Waals surface area (Å²) in [4.78, 5) is 10.7. The van der Waals surface area contributed by atoms with Crippen LogP contribution in [-0.2, 0) is 5.41 Å². The van der Waals surface area contributed by atoms with E-state index in [-0.39, 0.29) is 5.41 Å². The lowest BCUT2D eigenvalue weighted by Gasteiger charge is -2.22. The van der Waals surface area contributed by atoms with Crippen molar-refractivity contribution in [3.8, 4) is 34.0 Å². The highest BCUT2D eigenvalue weighted by Crippen LogP contribution is 2.49. The molecule has 3 aromatic heterocycles. The third-order valence-electron chi connectivity index (χ3n) is 13.0. The van der Waals surface area contributed by atoms with Crippen molar-refractivity contribution in [2.75, 3.05) is 0 Å². The minimum atomic E-state index is -0.124. The number of benzene rings is 9. The molecule has 0 amide bonds. The van der Waals surface area contributed by atoms with Crippen LogP contribution in [-0.4, -0.2) is 19.1 Å². The molecule has 59 heavy (non-hydrogen) atoms. The number of rotatable bonds is 3. The molecule has 0 bridgehead atoms. The van der Waals surface area contributed by atoms with Crippen LogP contribution < -0.4 is 0 Å². The zero-order valence-corrected chi connectivity index (χ0v) is 32.6. The zero-order valence-electron chi connectivity index (χ0n) is 32.6. The van der Waals surface area contributed by atoms with E-state index in [2.05, 4.69) is 205 Å². The van der Waals surface area contributed by atoms with E-state index in [1.54, 1.807) is 0 Å². The van der Waals surface area contributed by atoms with Crippen LogP contribution in [0.5, 0.6) is 0 Å². The Bertz CT molecular complexity index is 3770. The second-order valence-corrected chi connectivity index (χ2v) is 16.6. The van der Waals surface area contributed by atoms with Gasteiger partial charge in [-0.05, 0) is 111 Å². The fourth-order valence-corrected chi connectivity index (χ4v) is 10.2. The van der Waals surface area contributed by atoms with Crippen molar-refractivity contribution in [3.63, 3.8) is 0 Å². The minimum Gasteiger partial charge on any atom is -0.309 e. The lowest BCUT2D eigenvalue weighted by Crippen LogP contribution is -2.15. The molecule has 3 heterocycles. The van der Waals surface area contributed by atoms with Crippen molar-refractivity contribution in [1.29, 1.82) is 0 Å². The molecule has 12 aromatic rings. The maximum Gasteiger partial charge on any atom is 0.162 e. The molecule has 0 spiro atoms. The first kappa shape index (κ1) is 32.5. The first-order chi connectivity index (χ1) is 29.0. The van der Waals surface area contributed by atoms with E-state index in [1.165, 1.54) is 76.4 Å². The second kappa shape index (κ2) is 11.7. The largest absolute Gasteiger partial charge is 0.309 e. The van der Waals surface area contributed by atoms with Crippen LogP contribution in [0.25, 0.3) is 110 Å². The third kappa shape index (κ3) is 4.54. The van der Waals surface area contributed by atoms with Crippen molar-refractivity contribution in [2.45, 2.75) is 19.3 Å². The van der Waals surface area contributed by atoms with Crippen LogP contribution in [0, 0.1) is 0 Å². The van der Waals surface area contributed by atoms with E-state index in [0.717, 1.165) is 44.8 Å². The Hall–Kier alpha value is -7.56. The molecule has 0 unspecified atom stereocenters. The smallest absolute Gasteiger partial charge is 0.162 e. The lowest BCUT2D eigenvalue weighted by molar-refractivity contribution is 0.660. The van der Waals surface area contributed by atoms with E-state index in [4.69, 9.17) is 9.97 Å². The molecule has 4 nitrogen and oxygen atoms in total. The maximum absolute atomic E-state index is 5.52. The van der Waals surface area contributed by atoms with Crippen molar-refractivity contribution in [3.05, 3.63) is 193 Å². The Kier molecular flexibility index (Phi) is 6.48. The molecule has 0 saturated carbocycles. The van der Waals surface area contributed by atoms with Crippen LogP contribution in [0.4, 0.5) is 0 Å². The van der Waals surface area contributed by atoms with Crippen LogP contribution in [0.15, 0.2) is 182 Å². The van der Waals surface area contributed by atoms with Gasteiger partial charge in [0, 0.05) is 43.6 Å². The summed E-state index contributed by atoms with van der Waals surface area (Å²) >= 11 is 0. The molecular formula is C55H36N4. The normalized spacial score (nSPS) is 13.4. The number of hydrogen-bond donors (Lipinski definition) is 0. The summed E-state index contributed by atoms with van der Waals surface area (Å²) in [7, 11) is 0. The van der Waals surface area contributed by atoms with Gasteiger partial charge in [-0.25, -0.2) is 9.97 Å². The molecule has 4 heteroatoms. The standard InChI is InChI=1S/C55H36N4/c1-55(2)46-19-9-5-15-39(46)40-26-24-36(30-47(40)55)53-56-48-20-10-6-18-43(48)54(57-53)59-50-22-12-8-17-42(50)45-29-35-23-25-38(27-37(35)32-52(45)59)58-49-21-11-7-16-41(49)44-28-33-13-3-4-14-34(33)31-51(44)58/h3-32H,1-2H3. The van der Waals surface area contributed by atoms with Crippen LogP contribution in [0.3, 0.4) is 0 Å². The Labute approximate surface area is 340 Å². The fourth-order valence-electron chi connectivity index (χ4n) is 10.2. The number of fused-ring (bicyclic) bond motifs is 12. The summed E-state index contributed by atoms with van der Waals surface area (Å²) in [5.41, 5.74) is 12.9. The Balaban J connectivity index is 1.05. The summed E-state index contributed by atoms with van der Waals surface area (Å²) in [5, 5.41) is 10.8. The number of aromatic nitrogens is 4. The maximum atomic E-state index is 5.52. The molecule has 0 atom stereocenters. The van der Waals surface area contributed by atoms with Gasteiger partial charge in [-0.2, -0.15) is 0 Å². The summed E-state index contributed by atoms with van der Waals surface area (Å²) in [6.45, 7) is 4.65. The topological polar surface area (TPSA) is 35.6 Å². The van der Waals surface area contributed by atoms with Crippen molar-refractivity contribution in [2.24, 2.45) is 0 Å². The molecule has 0 radical (unpaired) electrons. The second-order valence-electron chi connectivity index (χ2n) is 16.6. The van der Waals surface area contributed by atoms with Gasteiger partial charge in [0.25, 0.3) is 0 Å². The van der Waals surface area contributed by atoms with Crippen LogP contribution in [0.1, 0.15) is 25.0 Å². The predicted molar refractivity (Wildman–Crippen MR) is 246 cm³/mol. The first-order valence-corrected chi connectivity index (χ1v) is 20.4. The number of nitrogens with zero attached hydrogens (tertiary/aromatic N) is 4. The van der Waals surface area contributed by atoms with Gasteiger partial charge in [0.2, 0.25) is 0 Å². The molecule has 0 aliphatic heterocycles. The van der Waals surface area contributed by atoms with Gasteiger partial charge in [-0.3, -0.25) is 4.57 Å². The Morgan fingerprint density at radius 2 is 0.983 bits per heavy atom. The average molecular weight is 753 g/mol. The Morgan fingerprint density at radius 3 is 1.78 bits per heavy atom. The van der Waals surface area contributed by atoms with E-state index < -0.39 is 0 Å². The van der Waals surface area contributed by atoms with Gasteiger partial charge >= 0.3 is 0 Å². The molecule has 0 saturated heterocycles. The highest BCUT2D eigenvalue weighted by Gasteiger charge is 2.35. The van der Waals surface area contributed by atoms with Crippen LogP contribution >= 0.6 is 0 Å². The molecule has 1 aliphatic rings. The zero-order chi connectivity index (χ0) is 39.0. The molecule has 276 valence electrons. The van der Waals surface area contributed by atoms with Gasteiger partial charge in [0.05, 0.1) is 27.6 Å². The monoisotopic (exact) mass is 752 g/mol. The van der Waals surface area contributed by atoms with E-state index in [0.29, 0.717) is 0 Å². The van der Waals surface area contributed by atoms with Gasteiger partial charge < -0.3 is 4.57 Å². The van der Waals surface area contributed by atoms with E-state index in [9.17, 15) is 0 Å². The SMILES string of the molecule is CC1(C)c2ccccc2-c2ccc(-c3nc(-n4c5ccccc5c5cc6ccc(-n7c8ccccc8c8cc9ccccc9cc87)cc6cc54)c4ccccc4n3)cc21. The highest BCUT2D eigenvalue weighted by atomic mass is 15.1. The minimum absolute atomic E-state index is 0.124. The van der Waals surface area contributed by atoms with E-state index >= 15 is 0 Å². The highest BCUT2D eigenvalue weighted by molar-refractivity contribution is 6.16. The van der Waals surface area contributed by atoms with Gasteiger partial charge in [-0.15, -0.1) is 0 Å². The summed E-state index contributed by atoms with van der Waals surface area (Å²) in [6, 6.07) is 66.5. The first-order valence-electron chi connectivity index (χ1n) is 20.4. The number of para-hydroxylation sites is 3. The third-order valence-corrected chi connectivity index (χ3v) is 13.0. The molecule has 9 aromatic carbocycles. The lowest BCUT2D eigenvalue weighted by atomic mass is 9.82. The quantitative estimate of drug-likeness (QED) is 0.180. The summed E-state index contributed by atoms with van der Waals surface area (Å²) < 4.78 is 4.79. The summed E-state index contributed by atoms with van der Waals surface area (Å²) in [5.74, 6) is 1.60. The molecule has 1 aliphatic carbocycles. The molecular weight excluding hydrogens is 717 g/mol. The average Bonchev–Trinajstić information content (AvgIpc) is 3.86. The summed E-state index contributed by atoms with van der Waals surface area (Å²) in [6.07, 6.45) is 0. The predicted octanol–water partition coefficient (Wildman–Crippen LogP) is 14.1. The Morgan fingerprint density at radius 1 is 0.390 bits per heavy atom. The van der Waals surface area contributed by atoms with Gasteiger partial charge in [0.1, 0.15) is 5.82 Å². The van der Waals surface area contributed by atoms with Gasteiger partial charge in [-0.1, -0.05) is 129 Å². The molecule has 0 fully saturated rings. The molecule has 0 N–H and O–H groups in total. The van der Waals surface area contributed by atoms with Crippen molar-refractivity contribution in [1.82, 2.24) is 19.1 Å². The molecule has 13 rings (SSSR count). The van der Waals surface area contributed by atoms with Gasteiger partial charge in [0.15, 0.2) is 5.82 Å². The number of hydrogen-bond acceptors (Lipinski definition) is 2. The fraction of sp³-hybridized carbons (Fsp3) is 0.0545. The van der Waals surface area contributed by atoms with Crippen LogP contribution in [0.2, 0.25) is 0 Å². The van der Waals surface area contributed by atoms with E-state index in [1.807, 2.05) is 0 Å². The van der Waals surface area contributed by atoms with Crippen molar-refractivity contribution >= 4 is 76.1 Å².